The number of methoxy groups -OCH3 is 2. The summed E-state index contributed by atoms with van der Waals surface area (Å²) < 4.78 is 71.0. The van der Waals surface area contributed by atoms with E-state index in [2.05, 4.69) is 0 Å². The maximum Gasteiger partial charge on any atom is 0.324 e. The number of rotatable bonds is 14. The molecule has 0 bridgehead atoms. The van der Waals surface area contributed by atoms with Gasteiger partial charge in [-0.05, 0) is 67.6 Å². The van der Waals surface area contributed by atoms with E-state index in [0.717, 1.165) is 12.1 Å². The lowest BCUT2D eigenvalue weighted by Gasteiger charge is -2.27. The van der Waals surface area contributed by atoms with Gasteiger partial charge in [0.2, 0.25) is 0 Å². The molecule has 3 aromatic rings. The molecule has 0 fully saturated rings. The number of nitrogens with zero attached hydrogens (tertiary/aromatic N) is 2. The minimum Gasteiger partial charge on any atom is -0.497 e. The van der Waals surface area contributed by atoms with Crippen LogP contribution in [0.15, 0.2) is 76.5 Å². The minimum absolute atomic E-state index is 0.00981. The van der Waals surface area contributed by atoms with Crippen LogP contribution in [0.3, 0.4) is 0 Å². The third-order valence-electron chi connectivity index (χ3n) is 5.65. The zero-order chi connectivity index (χ0) is 30.4. The van der Waals surface area contributed by atoms with Crippen LogP contribution >= 0.6 is 0 Å². The first-order valence-electron chi connectivity index (χ1n) is 11.9. The lowest BCUT2D eigenvalue weighted by Crippen LogP contribution is -2.37. The fourth-order valence-electron chi connectivity index (χ4n) is 3.75. The smallest absolute Gasteiger partial charge is 0.324 e. The van der Waals surface area contributed by atoms with Crippen molar-refractivity contribution in [3.8, 4) is 17.2 Å². The molecule has 0 heterocycles. The Morgan fingerprint density at radius 2 is 1.15 bits per heavy atom. The summed E-state index contributed by atoms with van der Waals surface area (Å²) in [7, 11) is -6.09. The Kier molecular flexibility index (Phi) is 9.67. The molecule has 3 aromatic carbocycles. The normalized spacial score (nSPS) is 11.4. The lowest BCUT2D eigenvalue weighted by atomic mass is 10.2. The Labute approximate surface area is 237 Å². The first kappa shape index (κ1) is 31.0. The number of hydrogen-bond donors (Lipinski definition) is 2. The van der Waals surface area contributed by atoms with Crippen LogP contribution in [0.25, 0.3) is 0 Å². The van der Waals surface area contributed by atoms with Gasteiger partial charge < -0.3 is 24.4 Å². The molecule has 0 amide bonds. The fourth-order valence-corrected chi connectivity index (χ4v) is 6.58. The second-order valence-electron chi connectivity index (χ2n) is 8.25. The molecule has 220 valence electrons. The van der Waals surface area contributed by atoms with Crippen LogP contribution in [0, 0.1) is 0 Å². The van der Waals surface area contributed by atoms with E-state index < -0.39 is 45.1 Å². The van der Waals surface area contributed by atoms with Crippen LogP contribution in [-0.2, 0) is 29.6 Å². The maximum atomic E-state index is 13.6. The molecule has 0 aliphatic carbocycles. The van der Waals surface area contributed by atoms with Crippen molar-refractivity contribution in [2.45, 2.75) is 16.7 Å². The third kappa shape index (κ3) is 6.99. The maximum absolute atomic E-state index is 13.6. The Hall–Kier alpha value is -4.50. The molecule has 2 N–H and O–H groups in total. The molecule has 0 saturated carbocycles. The molecule has 15 heteroatoms. The Morgan fingerprint density at radius 3 is 1.56 bits per heavy atom. The van der Waals surface area contributed by atoms with Gasteiger partial charge in [0.1, 0.15) is 30.3 Å². The molecule has 0 saturated heterocycles. The van der Waals surface area contributed by atoms with E-state index in [9.17, 15) is 36.6 Å². The predicted molar refractivity (Wildman–Crippen MR) is 148 cm³/mol. The van der Waals surface area contributed by atoms with Crippen molar-refractivity contribution in [3.05, 3.63) is 66.7 Å². The minimum atomic E-state index is -4.47. The Bertz CT molecular complexity index is 1610. The van der Waals surface area contributed by atoms with E-state index in [1.165, 1.54) is 68.8 Å². The summed E-state index contributed by atoms with van der Waals surface area (Å²) >= 11 is 0. The number of anilines is 2. The summed E-state index contributed by atoms with van der Waals surface area (Å²) in [6, 6.07) is 14.0. The number of carboxylic acid groups (broad SMARTS) is 2. The Morgan fingerprint density at radius 1 is 0.707 bits per heavy atom. The topological polar surface area (TPSA) is 177 Å². The van der Waals surface area contributed by atoms with E-state index >= 15 is 0 Å². The van der Waals surface area contributed by atoms with Crippen LogP contribution in [0.2, 0.25) is 0 Å². The number of carbonyl (C=O) groups is 2. The van der Waals surface area contributed by atoms with Gasteiger partial charge in [-0.25, -0.2) is 16.8 Å². The summed E-state index contributed by atoms with van der Waals surface area (Å²) in [6.45, 7) is -0.387. The van der Waals surface area contributed by atoms with E-state index in [1.807, 2.05) is 0 Å². The molecule has 0 unspecified atom stereocenters. The first-order chi connectivity index (χ1) is 19.3. The molecule has 3 rings (SSSR count). The zero-order valence-electron chi connectivity index (χ0n) is 22.3. The summed E-state index contributed by atoms with van der Waals surface area (Å²) in [6.07, 6.45) is 0. The van der Waals surface area contributed by atoms with Crippen molar-refractivity contribution < 1.29 is 50.8 Å². The second-order valence-corrected chi connectivity index (χ2v) is 12.0. The third-order valence-corrected chi connectivity index (χ3v) is 9.21. The van der Waals surface area contributed by atoms with Gasteiger partial charge in [-0.15, -0.1) is 0 Å². The highest BCUT2D eigenvalue weighted by Gasteiger charge is 2.32. The van der Waals surface area contributed by atoms with Gasteiger partial charge in [0.25, 0.3) is 20.0 Å². The molecule has 41 heavy (non-hydrogen) atoms. The quantitative estimate of drug-likeness (QED) is 0.275. The number of aliphatic carboxylic acids is 2. The van der Waals surface area contributed by atoms with Crippen molar-refractivity contribution >= 4 is 43.4 Å². The number of sulfonamides is 2. The van der Waals surface area contributed by atoms with Crippen LogP contribution in [0.1, 0.15) is 6.92 Å². The van der Waals surface area contributed by atoms with Crippen molar-refractivity contribution in [2.75, 3.05) is 42.5 Å². The average molecular weight is 609 g/mol. The van der Waals surface area contributed by atoms with Crippen molar-refractivity contribution in [1.29, 1.82) is 0 Å². The largest absolute Gasteiger partial charge is 0.497 e. The van der Waals surface area contributed by atoms with Crippen LogP contribution in [0.5, 0.6) is 17.2 Å². The Balaban J connectivity index is 2.17. The summed E-state index contributed by atoms with van der Waals surface area (Å²) in [5.74, 6) is -2.36. The lowest BCUT2D eigenvalue weighted by molar-refractivity contribution is -0.136. The molecule has 0 aromatic heterocycles. The zero-order valence-corrected chi connectivity index (χ0v) is 23.9. The standard InChI is InChI=1S/C26H28N2O11S2/c1-4-39-24-15-18(27(16-25(29)30)40(33,34)21-10-6-19(37-2)7-11-21)5-14-23(24)28(17-26(31)32)41(35,36)22-12-8-20(38-3)9-13-22/h5-15H,4,16-17H2,1-3H3,(H,29,30)(H,31,32). The fraction of sp³-hybridized carbons (Fsp3) is 0.231. The van der Waals surface area contributed by atoms with Crippen molar-refractivity contribution in [3.63, 3.8) is 0 Å². The van der Waals surface area contributed by atoms with Crippen LogP contribution in [0.4, 0.5) is 11.4 Å². The SMILES string of the molecule is CCOc1cc(N(CC(=O)O)S(=O)(=O)c2ccc(OC)cc2)ccc1N(CC(=O)O)S(=O)(=O)c1ccc(OC)cc1. The van der Waals surface area contributed by atoms with Gasteiger partial charge in [-0.2, -0.15) is 0 Å². The van der Waals surface area contributed by atoms with E-state index in [4.69, 9.17) is 14.2 Å². The van der Waals surface area contributed by atoms with Crippen molar-refractivity contribution in [1.82, 2.24) is 0 Å². The molecule has 0 atom stereocenters. The van der Waals surface area contributed by atoms with E-state index in [0.29, 0.717) is 20.1 Å². The van der Waals surface area contributed by atoms with E-state index in [1.54, 1.807) is 6.92 Å². The molecular formula is C26H28N2O11S2. The monoisotopic (exact) mass is 608 g/mol. The highest BCUT2D eigenvalue weighted by Crippen LogP contribution is 2.37. The number of benzene rings is 3. The highest BCUT2D eigenvalue weighted by molar-refractivity contribution is 7.93. The predicted octanol–water partition coefficient (Wildman–Crippen LogP) is 2.66. The number of hydrogen-bond acceptors (Lipinski definition) is 9. The van der Waals surface area contributed by atoms with Gasteiger partial charge in [-0.1, -0.05) is 0 Å². The van der Waals surface area contributed by atoms with Gasteiger partial charge in [0.05, 0.1) is 42.0 Å². The average Bonchev–Trinajstić information content (AvgIpc) is 2.94. The second kappa shape index (κ2) is 12.8. The molecule has 0 aliphatic heterocycles. The van der Waals surface area contributed by atoms with Crippen LogP contribution in [-0.4, -0.2) is 72.9 Å². The number of ether oxygens (including phenoxy) is 3. The summed E-state index contributed by atoms with van der Waals surface area (Å²) in [4.78, 5) is 23.0. The number of carboxylic acids is 2. The summed E-state index contributed by atoms with van der Waals surface area (Å²) in [5, 5.41) is 19.0. The first-order valence-corrected chi connectivity index (χ1v) is 14.8. The molecule has 0 radical (unpaired) electrons. The molecule has 13 nitrogen and oxygen atoms in total. The summed E-state index contributed by atoms with van der Waals surface area (Å²) in [5.41, 5.74) is -0.363. The molecular weight excluding hydrogens is 580 g/mol. The highest BCUT2D eigenvalue weighted by atomic mass is 32.2. The van der Waals surface area contributed by atoms with E-state index in [-0.39, 0.29) is 33.5 Å². The van der Waals surface area contributed by atoms with Gasteiger partial charge in [0, 0.05) is 6.07 Å². The van der Waals surface area contributed by atoms with Crippen molar-refractivity contribution in [2.24, 2.45) is 0 Å². The van der Waals surface area contributed by atoms with Gasteiger partial charge in [-0.3, -0.25) is 18.2 Å². The van der Waals surface area contributed by atoms with Gasteiger partial charge >= 0.3 is 11.9 Å². The van der Waals surface area contributed by atoms with Gasteiger partial charge in [0.15, 0.2) is 0 Å². The van der Waals surface area contributed by atoms with Crippen LogP contribution < -0.4 is 22.8 Å². The molecule has 0 spiro atoms. The molecule has 0 aliphatic rings.